The Bertz CT molecular complexity index is 601. The van der Waals surface area contributed by atoms with Crippen molar-refractivity contribution in [3.8, 4) is 0 Å². The highest BCUT2D eigenvalue weighted by atomic mass is 32.2. The van der Waals surface area contributed by atoms with Crippen LogP contribution in [0.3, 0.4) is 0 Å². The fraction of sp³-hybridized carbons (Fsp3) is 0.571. The monoisotopic (exact) mass is 300 g/mol. The van der Waals surface area contributed by atoms with Gasteiger partial charge in [0.05, 0.1) is 0 Å². The molecule has 1 aromatic rings. The molecule has 1 fully saturated rings. The molecule has 0 heterocycles. The van der Waals surface area contributed by atoms with Gasteiger partial charge in [-0.05, 0) is 49.3 Å². The number of nitrogens with one attached hydrogen (secondary N) is 1. The molecule has 1 aliphatic rings. The fourth-order valence-corrected chi connectivity index (χ4v) is 3.90. The molecule has 0 radical (unpaired) electrons. The topological polar surface area (TPSA) is 72.2 Å². The first-order chi connectivity index (χ1) is 9.29. The second kappa shape index (κ2) is 5.69. The molecule has 0 aliphatic heterocycles. The zero-order valence-electron chi connectivity index (χ0n) is 11.8. The van der Waals surface area contributed by atoms with Crippen LogP contribution >= 0.6 is 0 Å². The predicted molar refractivity (Wildman–Crippen MR) is 77.2 cm³/mol. The maximum Gasteiger partial charge on any atom is 0.243 e. The molecule has 20 heavy (non-hydrogen) atoms. The lowest BCUT2D eigenvalue weighted by Gasteiger charge is -2.13. The van der Waals surface area contributed by atoms with Gasteiger partial charge in [0.2, 0.25) is 10.0 Å². The molecule has 112 valence electrons. The van der Waals surface area contributed by atoms with E-state index in [1.54, 1.807) is 6.92 Å². The van der Waals surface area contributed by atoms with Crippen LogP contribution in [0.5, 0.6) is 0 Å². The van der Waals surface area contributed by atoms with E-state index >= 15 is 0 Å². The molecule has 1 aromatic carbocycles. The third-order valence-electron chi connectivity index (χ3n) is 3.98. The zero-order valence-corrected chi connectivity index (χ0v) is 12.6. The van der Waals surface area contributed by atoms with E-state index in [9.17, 15) is 12.8 Å². The van der Waals surface area contributed by atoms with Crippen molar-refractivity contribution in [2.45, 2.75) is 38.0 Å². The summed E-state index contributed by atoms with van der Waals surface area (Å²) in [7, 11) is -3.84. The van der Waals surface area contributed by atoms with Gasteiger partial charge < -0.3 is 5.73 Å². The van der Waals surface area contributed by atoms with Crippen LogP contribution < -0.4 is 10.5 Å². The second-order valence-electron chi connectivity index (χ2n) is 5.78. The Morgan fingerprint density at radius 1 is 1.40 bits per heavy atom. The summed E-state index contributed by atoms with van der Waals surface area (Å²) in [5.41, 5.74) is 6.48. The molecule has 0 aromatic heterocycles. The van der Waals surface area contributed by atoms with Crippen LogP contribution in [0, 0.1) is 24.6 Å². The highest BCUT2D eigenvalue weighted by Crippen LogP contribution is 2.30. The molecule has 1 saturated carbocycles. The first kappa shape index (κ1) is 15.3. The Hall–Kier alpha value is -1.14. The van der Waals surface area contributed by atoms with E-state index in [0.717, 1.165) is 25.3 Å². The maximum atomic E-state index is 13.8. The molecule has 2 atom stereocenters. The standard InChI is InChI=1S/C14H21FN2O2S/c1-9-3-4-11(5-9)8-17-20(18,19)14-7-13(16)10(2)6-12(14)15/h6-7,9,11,17H,3-5,8,16H2,1-2H3. The number of hydrogen-bond donors (Lipinski definition) is 2. The number of benzene rings is 1. The molecule has 0 saturated heterocycles. The highest BCUT2D eigenvalue weighted by molar-refractivity contribution is 7.89. The number of halogens is 1. The van der Waals surface area contributed by atoms with Gasteiger partial charge in [0.1, 0.15) is 10.7 Å². The number of hydrogen-bond acceptors (Lipinski definition) is 3. The van der Waals surface area contributed by atoms with E-state index in [2.05, 4.69) is 11.6 Å². The van der Waals surface area contributed by atoms with E-state index in [-0.39, 0.29) is 10.6 Å². The van der Waals surface area contributed by atoms with Crippen LogP contribution in [-0.2, 0) is 10.0 Å². The molecular formula is C14H21FN2O2S. The lowest BCUT2D eigenvalue weighted by Crippen LogP contribution is -2.29. The van der Waals surface area contributed by atoms with Gasteiger partial charge in [-0.15, -0.1) is 0 Å². The van der Waals surface area contributed by atoms with E-state index in [0.29, 0.717) is 23.9 Å². The van der Waals surface area contributed by atoms with Crippen molar-refractivity contribution in [1.82, 2.24) is 4.72 Å². The average Bonchev–Trinajstić information content (AvgIpc) is 2.77. The minimum Gasteiger partial charge on any atom is -0.398 e. The van der Waals surface area contributed by atoms with E-state index in [1.165, 1.54) is 6.07 Å². The van der Waals surface area contributed by atoms with E-state index in [1.807, 2.05) is 0 Å². The molecule has 2 rings (SSSR count). The molecule has 2 unspecified atom stereocenters. The van der Waals surface area contributed by atoms with E-state index in [4.69, 9.17) is 5.73 Å². The summed E-state index contributed by atoms with van der Waals surface area (Å²) in [4.78, 5) is -0.369. The SMILES string of the molecule is Cc1cc(F)c(S(=O)(=O)NCC2CCC(C)C2)cc1N. The molecular weight excluding hydrogens is 279 g/mol. The molecule has 1 aliphatic carbocycles. The van der Waals surface area contributed by atoms with Crippen molar-refractivity contribution in [3.05, 3.63) is 23.5 Å². The third-order valence-corrected chi connectivity index (χ3v) is 5.41. The Morgan fingerprint density at radius 3 is 2.70 bits per heavy atom. The summed E-state index contributed by atoms with van der Waals surface area (Å²) < 4.78 is 40.6. The fourth-order valence-electron chi connectivity index (χ4n) is 2.69. The van der Waals surface area contributed by atoms with Gasteiger partial charge in [0, 0.05) is 12.2 Å². The smallest absolute Gasteiger partial charge is 0.243 e. The summed E-state index contributed by atoms with van der Waals surface area (Å²) in [5, 5.41) is 0. The maximum absolute atomic E-state index is 13.8. The van der Waals surface area contributed by atoms with E-state index < -0.39 is 15.8 Å². The Morgan fingerprint density at radius 2 is 2.10 bits per heavy atom. The molecule has 4 nitrogen and oxygen atoms in total. The number of anilines is 1. The number of rotatable bonds is 4. The first-order valence-electron chi connectivity index (χ1n) is 6.85. The van der Waals surface area contributed by atoms with Crippen LogP contribution in [0.25, 0.3) is 0 Å². The third kappa shape index (κ3) is 3.30. The lowest BCUT2D eigenvalue weighted by molar-refractivity contribution is 0.495. The normalized spacial score (nSPS) is 23.1. The molecule has 0 spiro atoms. The van der Waals surface area contributed by atoms with Crippen molar-refractivity contribution < 1.29 is 12.8 Å². The predicted octanol–water partition coefficient (Wildman–Crippen LogP) is 2.43. The van der Waals surface area contributed by atoms with Crippen LogP contribution in [0.4, 0.5) is 10.1 Å². The quantitative estimate of drug-likeness (QED) is 0.839. The van der Waals surface area contributed by atoms with Gasteiger partial charge in [-0.3, -0.25) is 0 Å². The summed E-state index contributed by atoms with van der Waals surface area (Å²) in [6, 6.07) is 2.34. The van der Waals surface area contributed by atoms with Crippen molar-refractivity contribution in [2.75, 3.05) is 12.3 Å². The molecule has 6 heteroatoms. The van der Waals surface area contributed by atoms with Gasteiger partial charge >= 0.3 is 0 Å². The highest BCUT2D eigenvalue weighted by Gasteiger charge is 2.25. The minimum atomic E-state index is -3.84. The van der Waals surface area contributed by atoms with Crippen LogP contribution in [0.1, 0.15) is 31.7 Å². The van der Waals surface area contributed by atoms with Gasteiger partial charge in [0.25, 0.3) is 0 Å². The van der Waals surface area contributed by atoms with Gasteiger partial charge in [-0.1, -0.05) is 13.3 Å². The van der Waals surface area contributed by atoms with Gasteiger partial charge in [-0.2, -0.15) is 0 Å². The second-order valence-corrected chi connectivity index (χ2v) is 7.51. The molecule has 0 bridgehead atoms. The van der Waals surface area contributed by atoms with Crippen LogP contribution in [0.15, 0.2) is 17.0 Å². The lowest BCUT2D eigenvalue weighted by atomic mass is 10.1. The number of nitrogens with two attached hydrogens (primary N) is 1. The van der Waals surface area contributed by atoms with Crippen molar-refractivity contribution in [2.24, 2.45) is 11.8 Å². The Kier molecular flexibility index (Phi) is 4.34. The average molecular weight is 300 g/mol. The Labute approximate surface area is 119 Å². The van der Waals surface area contributed by atoms with Crippen LogP contribution in [0.2, 0.25) is 0 Å². The summed E-state index contributed by atoms with van der Waals surface area (Å²) >= 11 is 0. The number of aryl methyl sites for hydroxylation is 1. The number of nitrogen functional groups attached to an aromatic ring is 1. The minimum absolute atomic E-state index is 0.279. The number of sulfonamides is 1. The van der Waals surface area contributed by atoms with Gasteiger partial charge in [-0.25, -0.2) is 17.5 Å². The summed E-state index contributed by atoms with van der Waals surface area (Å²) in [6.45, 7) is 4.16. The zero-order chi connectivity index (χ0) is 14.9. The first-order valence-corrected chi connectivity index (χ1v) is 8.33. The van der Waals surface area contributed by atoms with Crippen molar-refractivity contribution in [1.29, 1.82) is 0 Å². The van der Waals surface area contributed by atoms with Crippen molar-refractivity contribution >= 4 is 15.7 Å². The summed E-state index contributed by atoms with van der Waals surface area (Å²) in [5.74, 6) is 0.214. The van der Waals surface area contributed by atoms with Crippen LogP contribution in [-0.4, -0.2) is 15.0 Å². The largest absolute Gasteiger partial charge is 0.398 e. The molecule has 3 N–H and O–H groups in total. The van der Waals surface area contributed by atoms with Crippen molar-refractivity contribution in [3.63, 3.8) is 0 Å². The molecule has 0 amide bonds. The Balaban J connectivity index is 2.12. The summed E-state index contributed by atoms with van der Waals surface area (Å²) in [6.07, 6.45) is 3.15. The van der Waals surface area contributed by atoms with Gasteiger partial charge in [0.15, 0.2) is 0 Å².